The monoisotopic (exact) mass is 220 g/mol. The van der Waals surface area contributed by atoms with Crippen molar-refractivity contribution in [3.8, 4) is 0 Å². The van der Waals surface area contributed by atoms with E-state index in [9.17, 15) is 9.46 Å². The molecule has 0 N–H and O–H groups in total. The van der Waals surface area contributed by atoms with Crippen LogP contribution in [0.4, 0.5) is 5.69 Å². The van der Waals surface area contributed by atoms with Crippen molar-refractivity contribution in [1.29, 1.82) is 0 Å². The van der Waals surface area contributed by atoms with Crippen LogP contribution in [0.15, 0.2) is 18.2 Å². The zero-order chi connectivity index (χ0) is 10.0. The molecule has 0 fully saturated rings. The molecule has 0 radical (unpaired) electrons. The Morgan fingerprint density at radius 2 is 1.93 bits per heavy atom. The average molecular weight is 220 g/mol. The van der Waals surface area contributed by atoms with E-state index in [0.717, 1.165) is 11.3 Å². The quantitative estimate of drug-likeness (QED) is 0.419. The van der Waals surface area contributed by atoms with Gasteiger partial charge in [0.2, 0.25) is 0 Å². The van der Waals surface area contributed by atoms with E-state index in [1.165, 1.54) is 0 Å². The fourth-order valence-corrected chi connectivity index (χ4v) is 1.75. The van der Waals surface area contributed by atoms with Gasteiger partial charge >= 0.3 is 37.6 Å². The fraction of sp³-hybridized carbons (Fsp3) is 0.333. The smallest absolute Gasteiger partial charge is 0.591 e. The number of rotatable bonds is 2. The van der Waals surface area contributed by atoms with Gasteiger partial charge in [0.25, 0.3) is 0 Å². The SMILES string of the molecule is Cc1cc([P+](=O)[O-])ccc1N(C)C.[Na+]. The Labute approximate surface area is 107 Å². The predicted octanol–water partition coefficient (Wildman–Crippen LogP) is -2.21. The van der Waals surface area contributed by atoms with E-state index < -0.39 is 8.03 Å². The number of benzene rings is 1. The topological polar surface area (TPSA) is 43.4 Å². The van der Waals surface area contributed by atoms with Gasteiger partial charge in [-0.2, -0.15) is 0 Å². The molecule has 0 heterocycles. The summed E-state index contributed by atoms with van der Waals surface area (Å²) in [6, 6.07) is 5.12. The molecule has 1 unspecified atom stereocenters. The van der Waals surface area contributed by atoms with Crippen molar-refractivity contribution in [3.05, 3.63) is 23.8 Å². The van der Waals surface area contributed by atoms with E-state index >= 15 is 0 Å². The molecule has 3 nitrogen and oxygen atoms in total. The molecule has 5 heteroatoms. The van der Waals surface area contributed by atoms with E-state index in [-0.39, 0.29) is 29.6 Å². The molecule has 0 aliphatic heterocycles. The molecule has 1 aromatic rings. The van der Waals surface area contributed by atoms with Crippen LogP contribution >= 0.6 is 8.03 Å². The van der Waals surface area contributed by atoms with Crippen LogP contribution in [0.25, 0.3) is 0 Å². The number of hydrogen-bond acceptors (Lipinski definition) is 3. The zero-order valence-corrected chi connectivity index (χ0v) is 11.8. The third-order valence-electron chi connectivity index (χ3n) is 1.87. The summed E-state index contributed by atoms with van der Waals surface area (Å²) in [4.78, 5) is 12.6. The standard InChI is InChI=1S/C9H12NO2P.Na/c1-7-6-8(13(11)12)4-5-9(7)10(2)3;/h4-6H,1-3H3;/q;+1. The van der Waals surface area contributed by atoms with Gasteiger partial charge in [0.05, 0.1) is 0 Å². The van der Waals surface area contributed by atoms with E-state index in [4.69, 9.17) is 0 Å². The molecular formula is C9H12NNaO2P+. The van der Waals surface area contributed by atoms with Crippen LogP contribution < -0.4 is 44.7 Å². The summed E-state index contributed by atoms with van der Waals surface area (Å²) >= 11 is 0. The average Bonchev–Trinajstić information content (AvgIpc) is 2.03. The van der Waals surface area contributed by atoms with Gasteiger partial charge in [-0.3, -0.25) is 0 Å². The first-order valence-corrected chi connectivity index (χ1v) is 5.12. The number of nitrogens with zero attached hydrogens (tertiary/aromatic N) is 1. The van der Waals surface area contributed by atoms with Crippen LogP contribution in [0.5, 0.6) is 0 Å². The number of hydrogen-bond donors (Lipinski definition) is 0. The van der Waals surface area contributed by atoms with Crippen molar-refractivity contribution >= 4 is 19.0 Å². The number of anilines is 1. The van der Waals surface area contributed by atoms with Crippen LogP contribution in [0.3, 0.4) is 0 Å². The van der Waals surface area contributed by atoms with Gasteiger partial charge in [0, 0.05) is 19.8 Å². The molecule has 0 aromatic heterocycles. The Morgan fingerprint density at radius 3 is 2.29 bits per heavy atom. The maximum atomic E-state index is 10.7. The molecule has 1 aromatic carbocycles. The van der Waals surface area contributed by atoms with Crippen LogP contribution in [0, 0.1) is 6.92 Å². The van der Waals surface area contributed by atoms with E-state index in [0.29, 0.717) is 5.30 Å². The van der Waals surface area contributed by atoms with Crippen molar-refractivity contribution < 1.29 is 39.0 Å². The third kappa shape index (κ3) is 3.34. The maximum absolute atomic E-state index is 10.7. The largest absolute Gasteiger partial charge is 1.00 e. The van der Waals surface area contributed by atoms with Crippen LogP contribution in [0.2, 0.25) is 0 Å². The normalized spacial score (nSPS) is 10.4. The van der Waals surface area contributed by atoms with Gasteiger partial charge in [0.15, 0.2) is 5.30 Å². The third-order valence-corrected chi connectivity index (χ3v) is 2.57. The summed E-state index contributed by atoms with van der Waals surface area (Å²) < 4.78 is 10.7. The fourth-order valence-electron chi connectivity index (χ4n) is 1.25. The maximum Gasteiger partial charge on any atom is 1.00 e. The second kappa shape index (κ2) is 5.84. The molecule has 0 aliphatic carbocycles. The van der Waals surface area contributed by atoms with Crippen molar-refractivity contribution in [1.82, 2.24) is 0 Å². The Kier molecular flexibility index (Phi) is 5.87. The molecule has 1 rings (SSSR count). The Balaban J connectivity index is 0.00000169. The van der Waals surface area contributed by atoms with E-state index in [1.807, 2.05) is 32.0 Å². The summed E-state index contributed by atoms with van der Waals surface area (Å²) in [5, 5.41) is 0.373. The van der Waals surface area contributed by atoms with Crippen LogP contribution in [0.1, 0.15) is 5.56 Å². The summed E-state index contributed by atoms with van der Waals surface area (Å²) in [7, 11) is 1.40. The molecule has 0 saturated carbocycles. The summed E-state index contributed by atoms with van der Waals surface area (Å²) in [6.07, 6.45) is 0. The number of aryl methyl sites for hydroxylation is 1. The first-order chi connectivity index (χ1) is 6.02. The molecule has 0 aliphatic rings. The van der Waals surface area contributed by atoms with E-state index in [1.54, 1.807) is 12.1 Å². The molecule has 1 atom stereocenters. The minimum absolute atomic E-state index is 0. The van der Waals surface area contributed by atoms with Gasteiger partial charge < -0.3 is 9.79 Å². The first-order valence-electron chi connectivity index (χ1n) is 3.94. The molecule has 0 saturated heterocycles. The van der Waals surface area contributed by atoms with Gasteiger partial charge in [-0.1, -0.05) is 4.57 Å². The van der Waals surface area contributed by atoms with Crippen LogP contribution in [-0.4, -0.2) is 14.1 Å². The minimum Gasteiger partial charge on any atom is -0.591 e. The van der Waals surface area contributed by atoms with Crippen LogP contribution in [-0.2, 0) is 4.57 Å². The Bertz CT molecular complexity index is 342. The molecule has 0 amide bonds. The zero-order valence-electron chi connectivity index (χ0n) is 8.94. The first kappa shape index (κ1) is 14.1. The molecule has 0 spiro atoms. The summed E-state index contributed by atoms with van der Waals surface area (Å²) in [5.41, 5.74) is 2.02. The molecular weight excluding hydrogens is 208 g/mol. The van der Waals surface area contributed by atoms with Gasteiger partial charge in [-0.05, 0) is 30.7 Å². The van der Waals surface area contributed by atoms with Crippen molar-refractivity contribution in [3.63, 3.8) is 0 Å². The second-order valence-corrected chi connectivity index (χ2v) is 4.15. The molecule has 70 valence electrons. The van der Waals surface area contributed by atoms with Gasteiger partial charge in [0.1, 0.15) is 0 Å². The Morgan fingerprint density at radius 1 is 1.36 bits per heavy atom. The van der Waals surface area contributed by atoms with Gasteiger partial charge in [-0.25, -0.2) is 0 Å². The predicted molar refractivity (Wildman–Crippen MR) is 52.7 cm³/mol. The van der Waals surface area contributed by atoms with Crippen molar-refractivity contribution in [2.24, 2.45) is 0 Å². The molecule has 0 bridgehead atoms. The van der Waals surface area contributed by atoms with Gasteiger partial charge in [-0.15, -0.1) is 0 Å². The summed E-state index contributed by atoms with van der Waals surface area (Å²) in [6.45, 7) is 1.90. The van der Waals surface area contributed by atoms with E-state index in [2.05, 4.69) is 0 Å². The molecule has 14 heavy (non-hydrogen) atoms. The Hall–Kier alpha value is 0.0800. The van der Waals surface area contributed by atoms with Crippen molar-refractivity contribution in [2.75, 3.05) is 19.0 Å². The second-order valence-electron chi connectivity index (χ2n) is 3.12. The minimum atomic E-state index is -2.46. The summed E-state index contributed by atoms with van der Waals surface area (Å²) in [5.74, 6) is 0. The van der Waals surface area contributed by atoms with Crippen molar-refractivity contribution in [2.45, 2.75) is 6.92 Å².